The fraction of sp³-hybridized carbons (Fsp3) is 0.933. The van der Waals surface area contributed by atoms with E-state index in [1.54, 1.807) is 0 Å². The Kier molecular flexibility index (Phi) is 4.85. The Morgan fingerprint density at radius 1 is 1.11 bits per heavy atom. The number of carbonyl (C=O) groups is 1. The summed E-state index contributed by atoms with van der Waals surface area (Å²) in [4.78, 5) is 14.7. The summed E-state index contributed by atoms with van der Waals surface area (Å²) in [5, 5.41) is 6.58. The quantitative estimate of drug-likeness (QED) is 0.794. The third-order valence-corrected chi connectivity index (χ3v) is 4.50. The minimum Gasteiger partial charge on any atom is -0.353 e. The summed E-state index contributed by atoms with van der Waals surface area (Å²) < 4.78 is 0. The van der Waals surface area contributed by atoms with Crippen LogP contribution in [-0.2, 0) is 4.79 Å². The highest BCUT2D eigenvalue weighted by atomic mass is 16.1. The van der Waals surface area contributed by atoms with E-state index in [1.807, 2.05) is 0 Å². The highest BCUT2D eigenvalue weighted by Crippen LogP contribution is 2.21. The molecule has 0 atom stereocenters. The molecule has 2 fully saturated rings. The molecular weight excluding hydrogens is 238 g/mol. The van der Waals surface area contributed by atoms with E-state index in [1.165, 1.54) is 0 Å². The summed E-state index contributed by atoms with van der Waals surface area (Å²) in [5.74, 6) is 0.526. The first kappa shape index (κ1) is 14.8. The zero-order chi connectivity index (χ0) is 13.9. The van der Waals surface area contributed by atoms with Gasteiger partial charge in [0.25, 0.3) is 0 Å². The van der Waals surface area contributed by atoms with Gasteiger partial charge in [-0.2, -0.15) is 0 Å². The van der Waals surface area contributed by atoms with E-state index in [0.717, 1.165) is 51.9 Å². The molecule has 0 aliphatic carbocycles. The van der Waals surface area contributed by atoms with Crippen LogP contribution < -0.4 is 10.6 Å². The molecule has 0 bridgehead atoms. The minimum absolute atomic E-state index is 0.238. The molecule has 4 heteroatoms. The van der Waals surface area contributed by atoms with Crippen molar-refractivity contribution in [1.29, 1.82) is 0 Å². The molecule has 2 aliphatic rings. The van der Waals surface area contributed by atoms with Gasteiger partial charge in [-0.3, -0.25) is 9.69 Å². The zero-order valence-corrected chi connectivity index (χ0v) is 12.7. The summed E-state index contributed by atoms with van der Waals surface area (Å²) >= 11 is 0. The van der Waals surface area contributed by atoms with Gasteiger partial charge in [0.05, 0.1) is 0 Å². The van der Waals surface area contributed by atoms with Crippen molar-refractivity contribution < 1.29 is 4.79 Å². The molecule has 2 heterocycles. The number of carbonyl (C=O) groups excluding carboxylic acids is 1. The number of piperidine rings is 2. The maximum absolute atomic E-state index is 12.2. The molecule has 0 aromatic heterocycles. The van der Waals surface area contributed by atoms with E-state index in [0.29, 0.717) is 6.04 Å². The van der Waals surface area contributed by atoms with E-state index >= 15 is 0 Å². The van der Waals surface area contributed by atoms with Crippen LogP contribution in [0, 0.1) is 5.92 Å². The van der Waals surface area contributed by atoms with E-state index in [9.17, 15) is 4.79 Å². The van der Waals surface area contributed by atoms with Crippen molar-refractivity contribution in [3.8, 4) is 0 Å². The monoisotopic (exact) mass is 267 g/mol. The van der Waals surface area contributed by atoms with Gasteiger partial charge in [-0.15, -0.1) is 0 Å². The number of amides is 1. The van der Waals surface area contributed by atoms with Gasteiger partial charge in [0.2, 0.25) is 5.91 Å². The van der Waals surface area contributed by atoms with Gasteiger partial charge in [-0.05, 0) is 59.5 Å². The van der Waals surface area contributed by atoms with Crippen LogP contribution in [0.4, 0.5) is 0 Å². The van der Waals surface area contributed by atoms with Crippen molar-refractivity contribution in [3.05, 3.63) is 0 Å². The molecule has 19 heavy (non-hydrogen) atoms. The molecule has 0 aromatic rings. The summed E-state index contributed by atoms with van der Waals surface area (Å²) in [5.41, 5.74) is 0.254. The fourth-order valence-corrected chi connectivity index (χ4v) is 3.10. The smallest absolute Gasteiger partial charge is 0.223 e. The Labute approximate surface area is 117 Å². The Balaban J connectivity index is 1.74. The van der Waals surface area contributed by atoms with Crippen LogP contribution in [0.2, 0.25) is 0 Å². The second-order valence-electron chi connectivity index (χ2n) is 6.97. The van der Waals surface area contributed by atoms with Gasteiger partial charge in [0, 0.05) is 30.6 Å². The largest absolute Gasteiger partial charge is 0.353 e. The molecule has 2 saturated heterocycles. The molecule has 1 amide bonds. The van der Waals surface area contributed by atoms with Crippen LogP contribution in [-0.4, -0.2) is 48.6 Å². The number of rotatable bonds is 2. The van der Waals surface area contributed by atoms with Crippen molar-refractivity contribution in [2.45, 2.75) is 58.0 Å². The van der Waals surface area contributed by atoms with Crippen LogP contribution in [0.1, 0.15) is 46.5 Å². The van der Waals surface area contributed by atoms with Crippen LogP contribution in [0.5, 0.6) is 0 Å². The zero-order valence-electron chi connectivity index (χ0n) is 12.7. The summed E-state index contributed by atoms with van der Waals surface area (Å²) in [6.07, 6.45) is 4.17. The van der Waals surface area contributed by atoms with Gasteiger partial charge in [0.15, 0.2) is 0 Å². The first-order valence-electron chi connectivity index (χ1n) is 7.73. The Morgan fingerprint density at radius 2 is 1.68 bits per heavy atom. The highest BCUT2D eigenvalue weighted by molar-refractivity contribution is 5.79. The first-order chi connectivity index (χ1) is 8.97. The van der Waals surface area contributed by atoms with Crippen molar-refractivity contribution >= 4 is 5.91 Å². The lowest BCUT2D eigenvalue weighted by atomic mass is 9.94. The number of hydrogen-bond acceptors (Lipinski definition) is 3. The Bertz CT molecular complexity index is 297. The molecule has 0 saturated carbocycles. The van der Waals surface area contributed by atoms with Crippen LogP contribution in [0.15, 0.2) is 0 Å². The molecule has 4 nitrogen and oxygen atoms in total. The third kappa shape index (κ3) is 4.18. The minimum atomic E-state index is 0.238. The van der Waals surface area contributed by atoms with E-state index in [-0.39, 0.29) is 17.4 Å². The average molecular weight is 267 g/mol. The second-order valence-corrected chi connectivity index (χ2v) is 6.97. The normalized spacial score (nSPS) is 24.4. The van der Waals surface area contributed by atoms with E-state index in [4.69, 9.17) is 0 Å². The maximum Gasteiger partial charge on any atom is 0.223 e. The maximum atomic E-state index is 12.2. The molecule has 2 N–H and O–H groups in total. The molecule has 110 valence electrons. The lowest BCUT2D eigenvalue weighted by Gasteiger charge is -2.41. The third-order valence-electron chi connectivity index (χ3n) is 4.50. The van der Waals surface area contributed by atoms with E-state index < -0.39 is 0 Å². The fourth-order valence-electron chi connectivity index (χ4n) is 3.10. The number of nitrogens with zero attached hydrogens (tertiary/aromatic N) is 1. The molecule has 0 unspecified atom stereocenters. The van der Waals surface area contributed by atoms with E-state index in [2.05, 4.69) is 36.3 Å². The summed E-state index contributed by atoms with van der Waals surface area (Å²) in [7, 11) is 0. The van der Waals surface area contributed by atoms with Crippen molar-refractivity contribution in [2.24, 2.45) is 5.92 Å². The molecule has 0 radical (unpaired) electrons. The number of likely N-dealkylation sites (tertiary alicyclic amines) is 1. The predicted octanol–water partition coefficient (Wildman–Crippen LogP) is 1.37. The molecular formula is C15H29N3O. The van der Waals surface area contributed by atoms with Crippen molar-refractivity contribution in [3.63, 3.8) is 0 Å². The summed E-state index contributed by atoms with van der Waals surface area (Å²) in [6, 6.07) is 0.390. The average Bonchev–Trinajstić information content (AvgIpc) is 2.39. The van der Waals surface area contributed by atoms with Crippen molar-refractivity contribution in [1.82, 2.24) is 15.5 Å². The predicted molar refractivity (Wildman–Crippen MR) is 78.1 cm³/mol. The van der Waals surface area contributed by atoms with Gasteiger partial charge >= 0.3 is 0 Å². The lowest BCUT2D eigenvalue weighted by Crippen LogP contribution is -2.52. The number of hydrogen-bond donors (Lipinski definition) is 2. The van der Waals surface area contributed by atoms with Gasteiger partial charge in [0.1, 0.15) is 0 Å². The number of nitrogens with one attached hydrogen (secondary N) is 2. The second kappa shape index (κ2) is 6.23. The molecule has 0 spiro atoms. The van der Waals surface area contributed by atoms with Crippen LogP contribution in [0.25, 0.3) is 0 Å². The standard InChI is InChI=1S/C15H29N3O/c1-15(2,3)18-10-6-13(7-11-18)17-14(19)12-4-8-16-9-5-12/h12-13,16H,4-11H2,1-3H3,(H,17,19). The molecule has 2 rings (SSSR count). The lowest BCUT2D eigenvalue weighted by molar-refractivity contribution is -0.126. The highest BCUT2D eigenvalue weighted by Gasteiger charge is 2.29. The van der Waals surface area contributed by atoms with Crippen LogP contribution in [0.3, 0.4) is 0 Å². The van der Waals surface area contributed by atoms with Crippen LogP contribution >= 0.6 is 0 Å². The van der Waals surface area contributed by atoms with Crippen molar-refractivity contribution in [2.75, 3.05) is 26.2 Å². The summed E-state index contributed by atoms with van der Waals surface area (Å²) in [6.45, 7) is 11.0. The first-order valence-corrected chi connectivity index (χ1v) is 7.73. The Morgan fingerprint density at radius 3 is 2.21 bits per heavy atom. The van der Waals surface area contributed by atoms with Gasteiger partial charge < -0.3 is 10.6 Å². The van der Waals surface area contributed by atoms with Gasteiger partial charge in [-0.25, -0.2) is 0 Å². The van der Waals surface area contributed by atoms with Gasteiger partial charge in [-0.1, -0.05) is 0 Å². The Hall–Kier alpha value is -0.610. The topological polar surface area (TPSA) is 44.4 Å². The molecule has 2 aliphatic heterocycles. The SMILES string of the molecule is CC(C)(C)N1CCC(NC(=O)C2CCNCC2)CC1. The molecule has 0 aromatic carbocycles.